The molecule has 0 spiro atoms. The third kappa shape index (κ3) is 34.1. The molecule has 0 aliphatic carbocycles. The Balaban J connectivity index is -0.000000333. The first-order chi connectivity index (χ1) is 10.3. The zero-order chi connectivity index (χ0) is 17.4. The average molecular weight is 380 g/mol. The van der Waals surface area contributed by atoms with E-state index in [1.54, 1.807) is 0 Å². The van der Waals surface area contributed by atoms with Crippen LogP contribution in [0.2, 0.25) is 0 Å². The SMILES string of the molecule is CC(C)CCCCCC(=O)[O-].CC(C)CCCCCC(=O)[O-].[Zn+2]. The van der Waals surface area contributed by atoms with Crippen molar-refractivity contribution in [2.45, 2.75) is 91.9 Å². The van der Waals surface area contributed by atoms with Crippen molar-refractivity contribution < 1.29 is 39.3 Å². The molecule has 5 heteroatoms. The van der Waals surface area contributed by atoms with Gasteiger partial charge in [-0.1, -0.05) is 66.2 Å². The van der Waals surface area contributed by atoms with Crippen molar-refractivity contribution in [2.24, 2.45) is 11.8 Å². The van der Waals surface area contributed by atoms with E-state index in [1.807, 2.05) is 0 Å². The Morgan fingerprint density at radius 2 is 0.957 bits per heavy atom. The Hall–Kier alpha value is -0.437. The number of carboxylic acid groups (broad SMARTS) is 2. The van der Waals surface area contributed by atoms with Crippen LogP contribution < -0.4 is 10.2 Å². The molecular formula is C18H34O4Zn. The van der Waals surface area contributed by atoms with Gasteiger partial charge in [0.25, 0.3) is 0 Å². The third-order valence-corrected chi connectivity index (χ3v) is 3.32. The maximum Gasteiger partial charge on any atom is 2.00 e. The van der Waals surface area contributed by atoms with E-state index in [0.717, 1.165) is 50.4 Å². The van der Waals surface area contributed by atoms with Gasteiger partial charge in [-0.15, -0.1) is 0 Å². The largest absolute Gasteiger partial charge is 2.00 e. The Morgan fingerprint density at radius 1 is 0.652 bits per heavy atom. The van der Waals surface area contributed by atoms with Gasteiger partial charge in [0, 0.05) is 11.9 Å². The molecule has 0 aromatic carbocycles. The number of rotatable bonds is 12. The minimum absolute atomic E-state index is 0. The standard InChI is InChI=1S/2C9H18O2.Zn/c2*1-8(2)6-4-3-5-7-9(10)11;/h2*8H,3-7H2,1-2H3,(H,10,11);/q;;+2/p-2. The van der Waals surface area contributed by atoms with Gasteiger partial charge >= 0.3 is 19.5 Å². The molecule has 0 N–H and O–H groups in total. The van der Waals surface area contributed by atoms with E-state index < -0.39 is 11.9 Å². The molecule has 0 heterocycles. The summed E-state index contributed by atoms with van der Waals surface area (Å²) < 4.78 is 0. The molecule has 0 aliphatic rings. The first-order valence-corrected chi connectivity index (χ1v) is 8.65. The Morgan fingerprint density at radius 3 is 1.17 bits per heavy atom. The van der Waals surface area contributed by atoms with Gasteiger partial charge in [-0.3, -0.25) is 0 Å². The Kier molecular flexibility index (Phi) is 23.4. The molecular weight excluding hydrogens is 346 g/mol. The van der Waals surface area contributed by atoms with Crippen LogP contribution in [0.15, 0.2) is 0 Å². The van der Waals surface area contributed by atoms with E-state index in [1.165, 1.54) is 12.8 Å². The van der Waals surface area contributed by atoms with Crippen LogP contribution in [0.1, 0.15) is 91.9 Å². The summed E-state index contributed by atoms with van der Waals surface area (Å²) in [6, 6.07) is 0. The smallest absolute Gasteiger partial charge is 0.550 e. The minimum Gasteiger partial charge on any atom is -0.550 e. The van der Waals surface area contributed by atoms with Gasteiger partial charge in [-0.2, -0.15) is 0 Å². The van der Waals surface area contributed by atoms with Crippen molar-refractivity contribution in [3.8, 4) is 0 Å². The molecule has 0 fully saturated rings. The van der Waals surface area contributed by atoms with Crippen LogP contribution in [0.4, 0.5) is 0 Å². The summed E-state index contributed by atoms with van der Waals surface area (Å²) in [5.41, 5.74) is 0. The second kappa shape index (κ2) is 19.6. The fourth-order valence-electron chi connectivity index (χ4n) is 2.00. The van der Waals surface area contributed by atoms with E-state index >= 15 is 0 Å². The van der Waals surface area contributed by atoms with Gasteiger partial charge in [0.15, 0.2) is 0 Å². The average Bonchev–Trinajstić information content (AvgIpc) is 2.37. The van der Waals surface area contributed by atoms with Crippen LogP contribution in [0.25, 0.3) is 0 Å². The fourth-order valence-corrected chi connectivity index (χ4v) is 2.00. The second-order valence-electron chi connectivity index (χ2n) is 6.73. The summed E-state index contributed by atoms with van der Waals surface area (Å²) >= 11 is 0. The first-order valence-electron chi connectivity index (χ1n) is 8.65. The van der Waals surface area contributed by atoms with Crippen molar-refractivity contribution in [2.75, 3.05) is 0 Å². The predicted molar refractivity (Wildman–Crippen MR) is 85.9 cm³/mol. The summed E-state index contributed by atoms with van der Waals surface area (Å²) in [5.74, 6) is -0.375. The van der Waals surface area contributed by atoms with Gasteiger partial charge in [0.05, 0.1) is 0 Å². The third-order valence-electron chi connectivity index (χ3n) is 3.32. The number of unbranched alkanes of at least 4 members (excludes halogenated alkanes) is 4. The molecule has 23 heavy (non-hydrogen) atoms. The molecule has 0 aromatic rings. The zero-order valence-electron chi connectivity index (χ0n) is 15.6. The second-order valence-corrected chi connectivity index (χ2v) is 6.73. The molecule has 0 saturated heterocycles. The Bertz CT molecular complexity index is 250. The molecule has 0 saturated carbocycles. The van der Waals surface area contributed by atoms with Gasteiger partial charge < -0.3 is 19.8 Å². The number of carboxylic acids is 2. The summed E-state index contributed by atoms with van der Waals surface area (Å²) in [5, 5.41) is 20.0. The van der Waals surface area contributed by atoms with Crippen molar-refractivity contribution >= 4 is 11.9 Å². The topological polar surface area (TPSA) is 80.3 Å². The van der Waals surface area contributed by atoms with E-state index in [9.17, 15) is 19.8 Å². The van der Waals surface area contributed by atoms with Gasteiger partial charge in [0.1, 0.15) is 0 Å². The van der Waals surface area contributed by atoms with Gasteiger partial charge in [-0.25, -0.2) is 0 Å². The summed E-state index contributed by atoms with van der Waals surface area (Å²) in [4.78, 5) is 20.0. The minimum atomic E-state index is -0.922. The van der Waals surface area contributed by atoms with E-state index in [2.05, 4.69) is 27.7 Å². The normalized spacial score (nSPS) is 10.0. The zero-order valence-corrected chi connectivity index (χ0v) is 18.5. The van der Waals surface area contributed by atoms with Crippen LogP contribution in [0, 0.1) is 11.8 Å². The number of carbonyl (C=O) groups is 2. The molecule has 0 amide bonds. The number of aliphatic carboxylic acids is 2. The Labute approximate surface area is 155 Å². The maximum atomic E-state index is 9.99. The quantitative estimate of drug-likeness (QED) is 0.385. The van der Waals surface area contributed by atoms with Crippen LogP contribution >= 0.6 is 0 Å². The van der Waals surface area contributed by atoms with Crippen LogP contribution in [0.3, 0.4) is 0 Å². The fraction of sp³-hybridized carbons (Fsp3) is 0.889. The van der Waals surface area contributed by atoms with E-state index in [4.69, 9.17) is 0 Å². The van der Waals surface area contributed by atoms with Crippen molar-refractivity contribution in [3.05, 3.63) is 0 Å². The van der Waals surface area contributed by atoms with Gasteiger partial charge in [-0.05, 0) is 37.5 Å². The van der Waals surface area contributed by atoms with Crippen molar-refractivity contribution in [1.82, 2.24) is 0 Å². The van der Waals surface area contributed by atoms with E-state index in [0.29, 0.717) is 0 Å². The molecule has 0 aliphatic heterocycles. The molecule has 4 nitrogen and oxygen atoms in total. The summed E-state index contributed by atoms with van der Waals surface area (Å²) in [7, 11) is 0. The monoisotopic (exact) mass is 378 g/mol. The molecule has 0 radical (unpaired) electrons. The predicted octanol–water partition coefficient (Wildman–Crippen LogP) is 2.68. The number of hydrogen-bond acceptors (Lipinski definition) is 4. The summed E-state index contributed by atoms with van der Waals surface area (Å²) in [6.45, 7) is 8.72. The van der Waals surface area contributed by atoms with Crippen LogP contribution in [-0.2, 0) is 29.1 Å². The number of hydrogen-bond donors (Lipinski definition) is 0. The van der Waals surface area contributed by atoms with Crippen LogP contribution in [0.5, 0.6) is 0 Å². The van der Waals surface area contributed by atoms with Gasteiger partial charge in [0.2, 0.25) is 0 Å². The van der Waals surface area contributed by atoms with E-state index in [-0.39, 0.29) is 32.3 Å². The molecule has 0 rings (SSSR count). The maximum absolute atomic E-state index is 9.99. The summed E-state index contributed by atoms with van der Waals surface area (Å²) in [6.07, 6.45) is 8.72. The molecule has 0 bridgehead atoms. The van der Waals surface area contributed by atoms with Crippen molar-refractivity contribution in [3.63, 3.8) is 0 Å². The molecule has 0 aromatic heterocycles. The molecule has 0 atom stereocenters. The first kappa shape index (κ1) is 27.4. The molecule has 132 valence electrons. The molecule has 0 unspecified atom stereocenters. The van der Waals surface area contributed by atoms with Crippen molar-refractivity contribution in [1.29, 1.82) is 0 Å². The van der Waals surface area contributed by atoms with Crippen LogP contribution in [-0.4, -0.2) is 11.9 Å². The number of carbonyl (C=O) groups excluding carboxylic acids is 2.